The van der Waals surface area contributed by atoms with E-state index in [1.807, 2.05) is 0 Å². The third kappa shape index (κ3) is 6.20. The lowest BCUT2D eigenvalue weighted by Gasteiger charge is -2.31. The monoisotopic (exact) mass is 385 g/mol. The molecule has 0 saturated carbocycles. The Morgan fingerprint density at radius 3 is 2.46 bits per heavy atom. The molecule has 0 spiro atoms. The van der Waals surface area contributed by atoms with Crippen molar-refractivity contribution in [3.8, 4) is 0 Å². The maximum atomic E-state index is 12.2. The Morgan fingerprint density at radius 2 is 1.86 bits per heavy atom. The number of oxazole rings is 1. The second-order valence-electron chi connectivity index (χ2n) is 8.55. The molecule has 0 fully saturated rings. The van der Waals surface area contributed by atoms with Gasteiger partial charge in [0.2, 0.25) is 5.89 Å². The first-order chi connectivity index (χ1) is 13.2. The molecule has 28 heavy (non-hydrogen) atoms. The molecule has 154 valence electrons. The Morgan fingerprint density at radius 1 is 1.14 bits per heavy atom. The summed E-state index contributed by atoms with van der Waals surface area (Å²) < 4.78 is 5.63. The summed E-state index contributed by atoms with van der Waals surface area (Å²) in [5.41, 5.74) is 4.22. The maximum Gasteiger partial charge on any atom is 0.273 e. The number of hydrogen-bond acceptors (Lipinski definition) is 4. The Bertz CT molecular complexity index is 780. The molecule has 1 N–H and O–H groups in total. The molecule has 1 amide bonds. The number of hydrogen-bond donors (Lipinski definition) is 1. The number of rotatable bonds is 9. The van der Waals surface area contributed by atoms with Gasteiger partial charge in [0.1, 0.15) is 6.26 Å². The second kappa shape index (κ2) is 9.87. The molecule has 5 nitrogen and oxygen atoms in total. The predicted molar refractivity (Wildman–Crippen MR) is 113 cm³/mol. The molecule has 0 bridgehead atoms. The molecular weight excluding hydrogens is 350 g/mol. The van der Waals surface area contributed by atoms with Crippen molar-refractivity contribution in [1.82, 2.24) is 15.2 Å². The van der Waals surface area contributed by atoms with E-state index in [4.69, 9.17) is 4.42 Å². The summed E-state index contributed by atoms with van der Waals surface area (Å²) in [5.74, 6) is 1.29. The summed E-state index contributed by atoms with van der Waals surface area (Å²) in [6.45, 7) is 17.1. The normalized spacial score (nSPS) is 12.8. The molecular formula is C23H35N3O2. The predicted octanol–water partition coefficient (Wildman–Crippen LogP) is 4.72. The number of nitrogens with one attached hydrogen (secondary N) is 1. The average molecular weight is 386 g/mol. The van der Waals surface area contributed by atoms with Crippen molar-refractivity contribution in [2.24, 2.45) is 11.8 Å². The summed E-state index contributed by atoms with van der Waals surface area (Å²) in [6.07, 6.45) is 1.46. The van der Waals surface area contributed by atoms with E-state index in [-0.39, 0.29) is 5.91 Å². The molecule has 1 heterocycles. The topological polar surface area (TPSA) is 58.4 Å². The van der Waals surface area contributed by atoms with Crippen LogP contribution >= 0.6 is 0 Å². The van der Waals surface area contributed by atoms with Crippen molar-refractivity contribution in [2.45, 2.75) is 67.6 Å². The Kier molecular flexibility index (Phi) is 7.81. The zero-order chi connectivity index (χ0) is 20.8. The quantitative estimate of drug-likeness (QED) is 0.678. The van der Waals surface area contributed by atoms with Gasteiger partial charge in [0.25, 0.3) is 5.91 Å². The highest BCUT2D eigenvalue weighted by Crippen LogP contribution is 2.20. The van der Waals surface area contributed by atoms with Crippen LogP contribution in [-0.2, 0) is 13.1 Å². The number of aryl methyl sites for hydroxylation is 2. The molecule has 2 aromatic rings. The van der Waals surface area contributed by atoms with Crippen LogP contribution in [0.5, 0.6) is 0 Å². The van der Waals surface area contributed by atoms with Gasteiger partial charge in [-0.15, -0.1) is 0 Å². The number of carbonyl (C=O) groups is 1. The molecule has 0 aliphatic heterocycles. The van der Waals surface area contributed by atoms with Crippen molar-refractivity contribution >= 4 is 5.91 Å². The molecule has 0 aliphatic rings. The van der Waals surface area contributed by atoms with Crippen LogP contribution in [0, 0.1) is 25.7 Å². The van der Waals surface area contributed by atoms with Crippen molar-refractivity contribution in [3.05, 3.63) is 52.7 Å². The first kappa shape index (κ1) is 22.2. The fourth-order valence-electron chi connectivity index (χ4n) is 3.06. The minimum atomic E-state index is -0.179. The van der Waals surface area contributed by atoms with Crippen LogP contribution in [0.2, 0.25) is 0 Å². The molecule has 2 rings (SSSR count). The highest BCUT2D eigenvalue weighted by molar-refractivity contribution is 5.91. The van der Waals surface area contributed by atoms with Crippen molar-refractivity contribution in [1.29, 1.82) is 0 Å². The van der Waals surface area contributed by atoms with E-state index < -0.39 is 0 Å². The van der Waals surface area contributed by atoms with E-state index in [1.54, 1.807) is 0 Å². The Hall–Kier alpha value is -2.14. The van der Waals surface area contributed by atoms with Gasteiger partial charge in [0, 0.05) is 19.1 Å². The summed E-state index contributed by atoms with van der Waals surface area (Å²) >= 11 is 0. The van der Waals surface area contributed by atoms with Gasteiger partial charge in [-0.25, -0.2) is 4.98 Å². The van der Waals surface area contributed by atoms with Crippen LogP contribution in [0.25, 0.3) is 0 Å². The summed E-state index contributed by atoms with van der Waals surface area (Å²) in [5, 5.41) is 2.88. The van der Waals surface area contributed by atoms with Crippen LogP contribution in [0.4, 0.5) is 0 Å². The first-order valence-electron chi connectivity index (χ1n) is 10.2. The summed E-state index contributed by atoms with van der Waals surface area (Å²) in [4.78, 5) is 19.0. The van der Waals surface area contributed by atoms with Gasteiger partial charge in [-0.1, -0.05) is 51.5 Å². The minimum absolute atomic E-state index is 0.179. The van der Waals surface area contributed by atoms with Crippen LogP contribution in [0.3, 0.4) is 0 Å². The smallest absolute Gasteiger partial charge is 0.273 e. The van der Waals surface area contributed by atoms with E-state index in [1.165, 1.54) is 23.0 Å². The number of nitrogens with zero attached hydrogens (tertiary/aromatic N) is 2. The van der Waals surface area contributed by atoms with Crippen LogP contribution < -0.4 is 5.32 Å². The highest BCUT2D eigenvalue weighted by atomic mass is 16.3. The van der Waals surface area contributed by atoms with Gasteiger partial charge in [-0.2, -0.15) is 0 Å². The van der Waals surface area contributed by atoms with Gasteiger partial charge in [0.15, 0.2) is 5.69 Å². The average Bonchev–Trinajstić information content (AvgIpc) is 3.09. The van der Waals surface area contributed by atoms with Crippen molar-refractivity contribution in [2.75, 3.05) is 6.54 Å². The molecule has 1 aromatic carbocycles. The molecule has 1 aromatic heterocycles. The molecule has 0 aliphatic carbocycles. The van der Waals surface area contributed by atoms with E-state index in [9.17, 15) is 4.79 Å². The zero-order valence-electron chi connectivity index (χ0n) is 18.4. The zero-order valence-corrected chi connectivity index (χ0v) is 18.4. The van der Waals surface area contributed by atoms with Gasteiger partial charge in [0.05, 0.1) is 6.54 Å². The third-order valence-electron chi connectivity index (χ3n) is 5.21. The fraction of sp³-hybridized carbons (Fsp3) is 0.565. The van der Waals surface area contributed by atoms with Gasteiger partial charge >= 0.3 is 0 Å². The van der Waals surface area contributed by atoms with Gasteiger partial charge in [-0.3, -0.25) is 9.69 Å². The minimum Gasteiger partial charge on any atom is -0.447 e. The number of carbonyl (C=O) groups excluding carboxylic acids is 1. The lowest BCUT2D eigenvalue weighted by Crippen LogP contribution is -2.36. The van der Waals surface area contributed by atoms with Crippen molar-refractivity contribution in [3.63, 3.8) is 0 Å². The maximum absolute atomic E-state index is 12.2. The van der Waals surface area contributed by atoms with E-state index in [2.05, 4.69) is 81.9 Å². The molecule has 0 radical (unpaired) electrons. The summed E-state index contributed by atoms with van der Waals surface area (Å²) in [6, 6.07) is 6.93. The largest absolute Gasteiger partial charge is 0.447 e. The third-order valence-corrected chi connectivity index (χ3v) is 5.21. The van der Waals surface area contributed by atoms with Crippen LogP contribution in [0.1, 0.15) is 67.7 Å². The standard InChI is InChI=1S/C23H35N3O2/c1-15(2)11-24-23(27)21-14-28-22(25-21)13-26(19(7)16(3)4)12-20-9-8-17(5)10-18(20)6/h8-10,14-16,19H,11-13H2,1-7H3,(H,24,27). The van der Waals surface area contributed by atoms with E-state index >= 15 is 0 Å². The summed E-state index contributed by atoms with van der Waals surface area (Å²) in [7, 11) is 0. The molecule has 0 saturated heterocycles. The Balaban J connectivity index is 2.13. The number of benzene rings is 1. The van der Waals surface area contributed by atoms with E-state index in [0.717, 1.165) is 6.54 Å². The first-order valence-corrected chi connectivity index (χ1v) is 10.2. The lowest BCUT2D eigenvalue weighted by molar-refractivity contribution is 0.0943. The number of amides is 1. The van der Waals surface area contributed by atoms with E-state index in [0.29, 0.717) is 42.6 Å². The van der Waals surface area contributed by atoms with Crippen LogP contribution in [-0.4, -0.2) is 28.4 Å². The molecule has 1 unspecified atom stereocenters. The molecule has 1 atom stereocenters. The molecule has 5 heteroatoms. The van der Waals surface area contributed by atoms with Gasteiger partial charge in [-0.05, 0) is 43.7 Å². The van der Waals surface area contributed by atoms with Crippen LogP contribution in [0.15, 0.2) is 28.9 Å². The SMILES string of the molecule is Cc1ccc(CN(Cc2nc(C(=O)NCC(C)C)co2)C(C)C(C)C)c(C)c1. The highest BCUT2D eigenvalue weighted by Gasteiger charge is 2.21. The fourth-order valence-corrected chi connectivity index (χ4v) is 3.06. The number of aromatic nitrogens is 1. The lowest BCUT2D eigenvalue weighted by atomic mass is 10.0. The van der Waals surface area contributed by atoms with Gasteiger partial charge < -0.3 is 9.73 Å². The van der Waals surface area contributed by atoms with Crippen molar-refractivity contribution < 1.29 is 9.21 Å². The second-order valence-corrected chi connectivity index (χ2v) is 8.55. The Labute approximate surface area is 169 Å².